The first kappa shape index (κ1) is 21.6. The van der Waals surface area contributed by atoms with Crippen LogP contribution in [0.2, 0.25) is 0 Å². The van der Waals surface area contributed by atoms with Crippen molar-refractivity contribution in [2.24, 2.45) is 5.92 Å². The Bertz CT molecular complexity index is 925. The summed E-state index contributed by atoms with van der Waals surface area (Å²) in [6, 6.07) is 26.1. The van der Waals surface area contributed by atoms with Crippen molar-refractivity contribution >= 4 is 17.3 Å². The first-order valence-corrected chi connectivity index (χ1v) is 10.9. The van der Waals surface area contributed by atoms with E-state index < -0.39 is 0 Å². The van der Waals surface area contributed by atoms with E-state index in [0.717, 1.165) is 12.5 Å². The third-order valence-corrected chi connectivity index (χ3v) is 5.24. The molecule has 1 heteroatoms. The predicted molar refractivity (Wildman–Crippen MR) is 133 cm³/mol. The third-order valence-electron chi connectivity index (χ3n) is 5.24. The van der Waals surface area contributed by atoms with Gasteiger partial charge in [-0.05, 0) is 60.6 Å². The van der Waals surface area contributed by atoms with Gasteiger partial charge in [0.2, 0.25) is 0 Å². The van der Waals surface area contributed by atoms with Crippen molar-refractivity contribution in [3.05, 3.63) is 113 Å². The molecule has 0 amide bonds. The van der Waals surface area contributed by atoms with E-state index in [0.29, 0.717) is 0 Å². The molecule has 0 aliphatic heterocycles. The molecule has 0 saturated carbocycles. The van der Waals surface area contributed by atoms with Crippen molar-refractivity contribution in [2.45, 2.75) is 34.1 Å². The van der Waals surface area contributed by atoms with E-state index in [1.54, 1.807) is 0 Å². The molecule has 0 heterocycles. The molecule has 0 unspecified atom stereocenters. The minimum atomic E-state index is 0.725. The van der Waals surface area contributed by atoms with E-state index in [4.69, 9.17) is 0 Å². The van der Waals surface area contributed by atoms with Crippen LogP contribution in [0.5, 0.6) is 0 Å². The molecule has 0 aliphatic carbocycles. The average molecular weight is 396 g/mol. The lowest BCUT2D eigenvalue weighted by molar-refractivity contribution is 0.607. The third kappa shape index (κ3) is 6.49. The van der Waals surface area contributed by atoms with E-state index in [2.05, 4.69) is 124 Å². The Kier molecular flexibility index (Phi) is 7.68. The Balaban J connectivity index is 1.77. The van der Waals surface area contributed by atoms with Gasteiger partial charge in [-0.25, -0.2) is 0 Å². The summed E-state index contributed by atoms with van der Waals surface area (Å²) in [7, 11) is 0. The monoisotopic (exact) mass is 395 g/mol. The maximum absolute atomic E-state index is 3.49. The summed E-state index contributed by atoms with van der Waals surface area (Å²) in [5, 5.41) is 3.49. The largest absolute Gasteiger partial charge is 0.385 e. The first-order valence-electron chi connectivity index (χ1n) is 10.9. The second kappa shape index (κ2) is 10.6. The van der Waals surface area contributed by atoms with Crippen molar-refractivity contribution in [1.82, 2.24) is 0 Å². The van der Waals surface area contributed by atoms with Gasteiger partial charge in [0.25, 0.3) is 0 Å². The molecule has 30 heavy (non-hydrogen) atoms. The number of nitrogens with one attached hydrogen (secondary N) is 1. The van der Waals surface area contributed by atoms with Gasteiger partial charge in [-0.2, -0.15) is 0 Å². The van der Waals surface area contributed by atoms with Gasteiger partial charge in [0.05, 0.1) is 0 Å². The highest BCUT2D eigenvalue weighted by Gasteiger charge is 2.04. The van der Waals surface area contributed by atoms with Gasteiger partial charge >= 0.3 is 0 Å². The molecule has 0 aromatic heterocycles. The lowest BCUT2D eigenvalue weighted by Crippen LogP contribution is -2.04. The molecule has 3 aromatic rings. The average Bonchev–Trinajstić information content (AvgIpc) is 2.74. The standard InChI is InChI=1S/C29H33N/c1-22(2)20-21-30-28-18-12-25(13-19-28)6-5-7-29(26-14-8-23(3)9-15-26)27-16-10-24(4)11-17-27/h5-19,22,30H,20-21H2,1-4H3. The fourth-order valence-electron chi connectivity index (χ4n) is 3.30. The first-order chi connectivity index (χ1) is 14.5. The SMILES string of the molecule is Cc1ccc(C(=CC=Cc2ccc(NCCC(C)C)cc2)c2ccc(C)cc2)cc1. The molecule has 1 nitrogen and oxygen atoms in total. The normalized spacial score (nSPS) is 11.1. The highest BCUT2D eigenvalue weighted by molar-refractivity contribution is 5.81. The summed E-state index contributed by atoms with van der Waals surface area (Å²) in [6.07, 6.45) is 7.72. The number of benzene rings is 3. The quantitative estimate of drug-likeness (QED) is 0.382. The van der Waals surface area contributed by atoms with Gasteiger partial charge in [0.1, 0.15) is 0 Å². The number of aryl methyl sites for hydroxylation is 2. The Hall–Kier alpha value is -3.06. The van der Waals surface area contributed by atoms with Crippen LogP contribution < -0.4 is 5.32 Å². The van der Waals surface area contributed by atoms with Crippen molar-refractivity contribution in [2.75, 3.05) is 11.9 Å². The van der Waals surface area contributed by atoms with E-state index in [1.165, 1.54) is 45.5 Å². The van der Waals surface area contributed by atoms with Crippen molar-refractivity contribution in [3.63, 3.8) is 0 Å². The zero-order valence-electron chi connectivity index (χ0n) is 18.7. The fourth-order valence-corrected chi connectivity index (χ4v) is 3.30. The minimum absolute atomic E-state index is 0.725. The summed E-state index contributed by atoms with van der Waals surface area (Å²) >= 11 is 0. The van der Waals surface area contributed by atoms with E-state index >= 15 is 0 Å². The lowest BCUT2D eigenvalue weighted by Gasteiger charge is -2.09. The van der Waals surface area contributed by atoms with Gasteiger partial charge in [-0.3, -0.25) is 0 Å². The number of anilines is 1. The maximum Gasteiger partial charge on any atom is 0.0340 e. The molecule has 0 radical (unpaired) electrons. The molecule has 0 atom stereocenters. The Morgan fingerprint density at radius 1 is 0.767 bits per heavy atom. The molecular formula is C29H33N. The second-order valence-corrected chi connectivity index (χ2v) is 8.40. The summed E-state index contributed by atoms with van der Waals surface area (Å²) in [5.41, 5.74) is 8.64. The summed E-state index contributed by atoms with van der Waals surface area (Å²) in [6.45, 7) is 9.78. The number of rotatable bonds is 8. The van der Waals surface area contributed by atoms with E-state index in [9.17, 15) is 0 Å². The molecule has 0 fully saturated rings. The van der Waals surface area contributed by atoms with Crippen LogP contribution >= 0.6 is 0 Å². The highest BCUT2D eigenvalue weighted by Crippen LogP contribution is 2.24. The van der Waals surface area contributed by atoms with Crippen molar-refractivity contribution < 1.29 is 0 Å². The van der Waals surface area contributed by atoms with Gasteiger partial charge in [-0.15, -0.1) is 0 Å². The molecule has 3 aromatic carbocycles. The highest BCUT2D eigenvalue weighted by atomic mass is 14.9. The van der Waals surface area contributed by atoms with Crippen LogP contribution in [-0.4, -0.2) is 6.54 Å². The van der Waals surface area contributed by atoms with Crippen LogP contribution in [0.25, 0.3) is 11.6 Å². The Labute approximate surface area is 182 Å². The van der Waals surface area contributed by atoms with Crippen molar-refractivity contribution in [3.8, 4) is 0 Å². The maximum atomic E-state index is 3.49. The van der Waals surface area contributed by atoms with E-state index in [-0.39, 0.29) is 0 Å². The second-order valence-electron chi connectivity index (χ2n) is 8.40. The molecule has 3 rings (SSSR count). The van der Waals surface area contributed by atoms with Crippen LogP contribution in [0.3, 0.4) is 0 Å². The minimum Gasteiger partial charge on any atom is -0.385 e. The molecule has 0 aliphatic rings. The van der Waals surface area contributed by atoms with Gasteiger partial charge < -0.3 is 5.32 Å². The molecule has 0 spiro atoms. The van der Waals surface area contributed by atoms with Gasteiger partial charge in [-0.1, -0.05) is 104 Å². The van der Waals surface area contributed by atoms with Crippen LogP contribution in [0.4, 0.5) is 5.69 Å². The summed E-state index contributed by atoms with van der Waals surface area (Å²) in [4.78, 5) is 0. The topological polar surface area (TPSA) is 12.0 Å². The summed E-state index contributed by atoms with van der Waals surface area (Å²) in [5.74, 6) is 0.725. The van der Waals surface area contributed by atoms with Crippen LogP contribution in [0, 0.1) is 19.8 Å². The number of allylic oxidation sites excluding steroid dienone is 2. The molecule has 0 saturated heterocycles. The van der Waals surface area contributed by atoms with Gasteiger partial charge in [0, 0.05) is 12.2 Å². The zero-order chi connectivity index (χ0) is 21.3. The number of hydrogen-bond acceptors (Lipinski definition) is 1. The molecule has 154 valence electrons. The predicted octanol–water partition coefficient (Wildman–Crippen LogP) is 7.91. The lowest BCUT2D eigenvalue weighted by atomic mass is 9.96. The Morgan fingerprint density at radius 3 is 1.80 bits per heavy atom. The van der Waals surface area contributed by atoms with Crippen molar-refractivity contribution in [1.29, 1.82) is 0 Å². The number of hydrogen-bond donors (Lipinski definition) is 1. The molecule has 1 N–H and O–H groups in total. The van der Waals surface area contributed by atoms with Crippen LogP contribution in [-0.2, 0) is 0 Å². The molecule has 0 bridgehead atoms. The smallest absolute Gasteiger partial charge is 0.0340 e. The summed E-state index contributed by atoms with van der Waals surface area (Å²) < 4.78 is 0. The van der Waals surface area contributed by atoms with E-state index in [1.807, 2.05) is 0 Å². The molecular weight excluding hydrogens is 362 g/mol. The fraction of sp³-hybridized carbons (Fsp3) is 0.241. The van der Waals surface area contributed by atoms with Crippen LogP contribution in [0.1, 0.15) is 48.1 Å². The van der Waals surface area contributed by atoms with Crippen LogP contribution in [0.15, 0.2) is 84.9 Å². The van der Waals surface area contributed by atoms with Gasteiger partial charge in [0.15, 0.2) is 0 Å². The zero-order valence-corrected chi connectivity index (χ0v) is 18.7. The Morgan fingerprint density at radius 2 is 1.30 bits per heavy atom.